The zero-order valence-corrected chi connectivity index (χ0v) is 13.6. The number of nitrogens with one attached hydrogen (secondary N) is 1. The van der Waals surface area contributed by atoms with Crippen LogP contribution in [0, 0.1) is 5.82 Å². The van der Waals surface area contributed by atoms with Gasteiger partial charge in [-0.15, -0.1) is 10.2 Å². The number of benzene rings is 1. The number of amides is 1. The van der Waals surface area contributed by atoms with Gasteiger partial charge in [-0.1, -0.05) is 23.9 Å². The largest absolute Gasteiger partial charge is 0.451 e. The van der Waals surface area contributed by atoms with E-state index in [9.17, 15) is 22.4 Å². The van der Waals surface area contributed by atoms with Crippen LogP contribution in [0.2, 0.25) is 0 Å². The number of halogens is 4. The van der Waals surface area contributed by atoms with Crippen molar-refractivity contribution in [2.45, 2.75) is 30.1 Å². The highest BCUT2D eigenvalue weighted by Crippen LogP contribution is 2.30. The van der Waals surface area contributed by atoms with Crippen molar-refractivity contribution in [1.29, 1.82) is 0 Å². The SMILES string of the molecule is CC(Sc1nnc(C(F)(F)F)n1C)C(=O)NCc1ccc(F)cc1. The molecule has 0 aliphatic heterocycles. The Kier molecular flexibility index (Phi) is 5.47. The first kappa shape index (κ1) is 18.2. The van der Waals surface area contributed by atoms with Crippen molar-refractivity contribution in [3.8, 4) is 0 Å². The normalized spacial score (nSPS) is 12.9. The van der Waals surface area contributed by atoms with Crippen molar-refractivity contribution >= 4 is 17.7 Å². The van der Waals surface area contributed by atoms with Gasteiger partial charge >= 0.3 is 6.18 Å². The quantitative estimate of drug-likeness (QED) is 0.656. The highest BCUT2D eigenvalue weighted by atomic mass is 32.2. The van der Waals surface area contributed by atoms with Gasteiger partial charge in [-0.05, 0) is 24.6 Å². The summed E-state index contributed by atoms with van der Waals surface area (Å²) in [4.78, 5) is 12.0. The Hall–Kier alpha value is -2.10. The molecule has 0 aliphatic rings. The molecule has 2 aromatic rings. The van der Waals surface area contributed by atoms with Crippen LogP contribution in [-0.4, -0.2) is 25.9 Å². The molecule has 0 radical (unpaired) electrons. The van der Waals surface area contributed by atoms with Crippen LogP contribution in [0.3, 0.4) is 0 Å². The van der Waals surface area contributed by atoms with Crippen LogP contribution in [0.15, 0.2) is 29.4 Å². The highest BCUT2D eigenvalue weighted by molar-refractivity contribution is 8.00. The predicted molar refractivity (Wildman–Crippen MR) is 79.6 cm³/mol. The van der Waals surface area contributed by atoms with Gasteiger partial charge in [0, 0.05) is 13.6 Å². The fourth-order valence-corrected chi connectivity index (χ4v) is 2.65. The maximum absolute atomic E-state index is 12.8. The first-order valence-electron chi connectivity index (χ1n) is 6.84. The summed E-state index contributed by atoms with van der Waals surface area (Å²) in [5, 5.41) is 8.52. The molecule has 24 heavy (non-hydrogen) atoms. The molecule has 1 atom stereocenters. The Morgan fingerprint density at radius 2 is 1.92 bits per heavy atom. The maximum Gasteiger partial charge on any atom is 0.451 e. The number of carbonyl (C=O) groups excluding carboxylic acids is 1. The Labute approximate surface area is 139 Å². The first-order valence-corrected chi connectivity index (χ1v) is 7.72. The second-order valence-electron chi connectivity index (χ2n) is 4.97. The molecule has 0 saturated heterocycles. The third-order valence-electron chi connectivity index (χ3n) is 3.12. The Morgan fingerprint density at radius 1 is 1.29 bits per heavy atom. The van der Waals surface area contributed by atoms with Gasteiger partial charge in [-0.3, -0.25) is 4.79 Å². The minimum atomic E-state index is -4.60. The zero-order chi connectivity index (χ0) is 17.9. The third kappa shape index (κ3) is 4.47. The van der Waals surface area contributed by atoms with Gasteiger partial charge in [-0.2, -0.15) is 13.2 Å². The number of aromatic nitrogens is 3. The van der Waals surface area contributed by atoms with Crippen LogP contribution in [0.5, 0.6) is 0 Å². The van der Waals surface area contributed by atoms with Gasteiger partial charge in [0.1, 0.15) is 5.82 Å². The summed E-state index contributed by atoms with van der Waals surface area (Å²) in [7, 11) is 1.19. The fraction of sp³-hybridized carbons (Fsp3) is 0.357. The molecule has 0 aliphatic carbocycles. The molecule has 5 nitrogen and oxygen atoms in total. The van der Waals surface area contributed by atoms with Crippen molar-refractivity contribution in [3.63, 3.8) is 0 Å². The fourth-order valence-electron chi connectivity index (χ4n) is 1.81. The van der Waals surface area contributed by atoms with Gasteiger partial charge in [0.05, 0.1) is 5.25 Å². The molecule has 1 aromatic heterocycles. The van der Waals surface area contributed by atoms with E-state index in [1.54, 1.807) is 6.92 Å². The van der Waals surface area contributed by atoms with Crippen molar-refractivity contribution in [1.82, 2.24) is 20.1 Å². The second kappa shape index (κ2) is 7.20. The van der Waals surface area contributed by atoms with Crippen LogP contribution in [0.4, 0.5) is 17.6 Å². The summed E-state index contributed by atoms with van der Waals surface area (Å²) in [5.74, 6) is -1.87. The molecule has 10 heteroatoms. The average Bonchev–Trinajstić information content (AvgIpc) is 2.87. The van der Waals surface area contributed by atoms with E-state index in [4.69, 9.17) is 0 Å². The van der Waals surface area contributed by atoms with Gasteiger partial charge in [-0.25, -0.2) is 4.39 Å². The molecule has 1 aromatic carbocycles. The molecule has 1 unspecified atom stereocenters. The number of hydrogen-bond acceptors (Lipinski definition) is 4. The summed E-state index contributed by atoms with van der Waals surface area (Å²) < 4.78 is 51.6. The molecular weight excluding hydrogens is 348 g/mol. The monoisotopic (exact) mass is 362 g/mol. The van der Waals surface area contributed by atoms with E-state index in [0.717, 1.165) is 16.3 Å². The zero-order valence-electron chi connectivity index (χ0n) is 12.8. The minimum absolute atomic E-state index is 0.00763. The van der Waals surface area contributed by atoms with Crippen LogP contribution in [-0.2, 0) is 24.6 Å². The van der Waals surface area contributed by atoms with Crippen molar-refractivity contribution in [2.24, 2.45) is 7.05 Å². The summed E-state index contributed by atoms with van der Waals surface area (Å²) in [5.41, 5.74) is 0.708. The second-order valence-corrected chi connectivity index (χ2v) is 6.28. The first-order chi connectivity index (χ1) is 11.2. The molecule has 1 amide bonds. The van der Waals surface area contributed by atoms with E-state index in [2.05, 4.69) is 15.5 Å². The topological polar surface area (TPSA) is 59.8 Å². The Bertz CT molecular complexity index is 715. The Morgan fingerprint density at radius 3 is 2.46 bits per heavy atom. The van der Waals surface area contributed by atoms with Crippen molar-refractivity contribution < 1.29 is 22.4 Å². The number of hydrogen-bond donors (Lipinski definition) is 1. The minimum Gasteiger partial charge on any atom is -0.351 e. The lowest BCUT2D eigenvalue weighted by Gasteiger charge is -2.12. The van der Waals surface area contributed by atoms with Gasteiger partial charge in [0.15, 0.2) is 5.16 Å². The average molecular weight is 362 g/mol. The summed E-state index contributed by atoms with van der Waals surface area (Å²) in [6.07, 6.45) is -4.60. The number of nitrogens with zero attached hydrogens (tertiary/aromatic N) is 3. The molecule has 0 fully saturated rings. The van der Waals surface area contributed by atoms with Crippen LogP contribution in [0.1, 0.15) is 18.3 Å². The molecule has 1 N–H and O–H groups in total. The van der Waals surface area contributed by atoms with Gasteiger partial charge in [0.25, 0.3) is 0 Å². The van der Waals surface area contributed by atoms with E-state index in [0.29, 0.717) is 5.56 Å². The third-order valence-corrected chi connectivity index (χ3v) is 4.25. The standard InChI is InChI=1S/C14H14F4N4OS/c1-8(11(23)19-7-9-3-5-10(15)6-4-9)24-13-21-20-12(22(13)2)14(16,17)18/h3-6,8H,7H2,1-2H3,(H,19,23). The number of rotatable bonds is 5. The van der Waals surface area contributed by atoms with Crippen molar-refractivity contribution in [2.75, 3.05) is 0 Å². The van der Waals surface area contributed by atoms with E-state index < -0.39 is 17.3 Å². The van der Waals surface area contributed by atoms with E-state index in [-0.39, 0.29) is 23.4 Å². The smallest absolute Gasteiger partial charge is 0.351 e. The highest BCUT2D eigenvalue weighted by Gasteiger charge is 2.37. The molecule has 0 spiro atoms. The lowest BCUT2D eigenvalue weighted by molar-refractivity contribution is -0.147. The van der Waals surface area contributed by atoms with Crippen molar-refractivity contribution in [3.05, 3.63) is 41.5 Å². The summed E-state index contributed by atoms with van der Waals surface area (Å²) in [6.45, 7) is 1.74. The molecule has 0 bridgehead atoms. The summed E-state index contributed by atoms with van der Waals surface area (Å²) in [6, 6.07) is 5.62. The van der Waals surface area contributed by atoms with Gasteiger partial charge < -0.3 is 9.88 Å². The van der Waals surface area contributed by atoms with E-state index in [1.165, 1.54) is 31.3 Å². The Balaban J connectivity index is 1.94. The van der Waals surface area contributed by atoms with Gasteiger partial charge in [0.2, 0.25) is 11.7 Å². The van der Waals surface area contributed by atoms with Crippen LogP contribution < -0.4 is 5.32 Å². The van der Waals surface area contributed by atoms with E-state index >= 15 is 0 Å². The van der Waals surface area contributed by atoms with Crippen LogP contribution in [0.25, 0.3) is 0 Å². The number of alkyl halides is 3. The molecule has 2 rings (SSSR count). The lowest BCUT2D eigenvalue weighted by Crippen LogP contribution is -2.30. The maximum atomic E-state index is 12.8. The summed E-state index contributed by atoms with van der Waals surface area (Å²) >= 11 is 0.870. The predicted octanol–water partition coefficient (Wildman–Crippen LogP) is 2.77. The molecular formula is C14H14F4N4OS. The molecule has 130 valence electrons. The molecule has 0 saturated carbocycles. The lowest BCUT2D eigenvalue weighted by atomic mass is 10.2. The molecule has 1 heterocycles. The van der Waals surface area contributed by atoms with Crippen LogP contribution >= 0.6 is 11.8 Å². The number of thioether (sulfide) groups is 1. The van der Waals surface area contributed by atoms with E-state index in [1.807, 2.05) is 0 Å². The number of carbonyl (C=O) groups is 1.